The molecule has 1 aromatic carbocycles. The second-order valence-electron chi connectivity index (χ2n) is 5.19. The van der Waals surface area contributed by atoms with Gasteiger partial charge in [0.25, 0.3) is 0 Å². The Labute approximate surface area is 125 Å². The van der Waals surface area contributed by atoms with Crippen molar-refractivity contribution in [1.29, 1.82) is 0 Å². The van der Waals surface area contributed by atoms with Gasteiger partial charge in [0.15, 0.2) is 6.61 Å². The lowest BCUT2D eigenvalue weighted by atomic mass is 10.1. The van der Waals surface area contributed by atoms with Crippen LogP contribution in [0.25, 0.3) is 0 Å². The molecule has 21 heavy (non-hydrogen) atoms. The molecule has 0 aliphatic carbocycles. The molecule has 1 unspecified atom stereocenters. The van der Waals surface area contributed by atoms with Crippen molar-refractivity contribution >= 4 is 16.5 Å². The molecule has 0 amide bonds. The van der Waals surface area contributed by atoms with Gasteiger partial charge in [-0.1, -0.05) is 32.0 Å². The predicted molar refractivity (Wildman–Crippen MR) is 78.4 cm³/mol. The van der Waals surface area contributed by atoms with Crippen molar-refractivity contribution in [3.63, 3.8) is 0 Å². The fraction of sp³-hybridized carbons (Fsp3) is 0.571. The van der Waals surface area contributed by atoms with Gasteiger partial charge in [-0.15, -0.1) is 0 Å². The third-order valence-electron chi connectivity index (χ3n) is 2.53. The molecule has 1 rings (SSSR count). The van der Waals surface area contributed by atoms with E-state index in [0.717, 1.165) is 0 Å². The minimum absolute atomic E-state index is 0.124. The summed E-state index contributed by atoms with van der Waals surface area (Å²) >= 11 is 0. The lowest BCUT2D eigenvalue weighted by Gasteiger charge is -2.28. The van der Waals surface area contributed by atoms with Crippen LogP contribution in [0.3, 0.4) is 0 Å². The number of benzene rings is 1. The lowest BCUT2D eigenvalue weighted by molar-refractivity contribution is -0.177. The Kier molecular flexibility index (Phi) is 6.67. The van der Waals surface area contributed by atoms with Gasteiger partial charge < -0.3 is 0 Å². The van der Waals surface area contributed by atoms with Crippen LogP contribution in [-0.2, 0) is 21.4 Å². The summed E-state index contributed by atoms with van der Waals surface area (Å²) in [4.78, 5) is 4.94. The molecule has 0 saturated carbocycles. The number of hydrogen-bond acceptors (Lipinski definition) is 3. The van der Waals surface area contributed by atoms with Gasteiger partial charge in [-0.05, 0) is 17.5 Å². The van der Waals surface area contributed by atoms with Crippen molar-refractivity contribution in [3.05, 3.63) is 29.8 Å². The van der Waals surface area contributed by atoms with E-state index in [1.807, 2.05) is 13.8 Å². The first-order valence-electron chi connectivity index (χ1n) is 6.54. The first-order chi connectivity index (χ1) is 9.69. The van der Waals surface area contributed by atoms with Gasteiger partial charge in [-0.2, -0.15) is 13.2 Å². The molecule has 7 heteroatoms. The van der Waals surface area contributed by atoms with E-state index < -0.39 is 23.6 Å². The Morgan fingerprint density at radius 1 is 1.29 bits per heavy atom. The van der Waals surface area contributed by atoms with Crippen LogP contribution in [0.15, 0.2) is 24.3 Å². The molecule has 1 atom stereocenters. The van der Waals surface area contributed by atoms with E-state index in [1.54, 1.807) is 30.5 Å². The molecule has 1 aromatic rings. The van der Waals surface area contributed by atoms with E-state index in [1.165, 1.54) is 5.06 Å². The number of nitrogens with zero attached hydrogens (tertiary/aromatic N) is 1. The molecule has 0 aliphatic rings. The molecule has 0 heterocycles. The van der Waals surface area contributed by atoms with Gasteiger partial charge in [-0.3, -0.25) is 14.1 Å². The maximum absolute atomic E-state index is 12.4. The van der Waals surface area contributed by atoms with Crippen molar-refractivity contribution in [2.24, 2.45) is 5.92 Å². The summed E-state index contributed by atoms with van der Waals surface area (Å²) in [5.41, 5.74) is 1.24. The van der Waals surface area contributed by atoms with Crippen molar-refractivity contribution in [3.8, 4) is 0 Å². The molecular weight excluding hydrogens is 303 g/mol. The third kappa shape index (κ3) is 6.95. The Bertz CT molecular complexity index is 478. The topological polar surface area (TPSA) is 29.5 Å². The van der Waals surface area contributed by atoms with Gasteiger partial charge in [0, 0.05) is 23.6 Å². The van der Waals surface area contributed by atoms with Crippen LogP contribution in [0.2, 0.25) is 0 Å². The standard InChI is InChI=1S/C14H20F3NO2S/c1-11(2)8-18(20-10-14(15,16)17)13-7-5-4-6-12(13)9-21(3)19/h4-7,11H,8-10H2,1-3H3. The Balaban J connectivity index is 2.99. The molecule has 0 saturated heterocycles. The second kappa shape index (κ2) is 7.79. The van der Waals surface area contributed by atoms with Gasteiger partial charge >= 0.3 is 6.18 Å². The number of halogens is 3. The van der Waals surface area contributed by atoms with Crippen molar-refractivity contribution < 1.29 is 22.2 Å². The molecule has 120 valence electrons. The summed E-state index contributed by atoms with van der Waals surface area (Å²) in [5.74, 6) is 0.401. The van der Waals surface area contributed by atoms with E-state index in [9.17, 15) is 17.4 Å². The number of anilines is 1. The molecule has 0 aliphatic heterocycles. The van der Waals surface area contributed by atoms with Crippen LogP contribution in [-0.4, -0.2) is 29.8 Å². The van der Waals surface area contributed by atoms with E-state index in [-0.39, 0.29) is 11.7 Å². The normalized spacial score (nSPS) is 13.5. The lowest BCUT2D eigenvalue weighted by Crippen LogP contribution is -2.33. The summed E-state index contributed by atoms with van der Waals surface area (Å²) in [6, 6.07) is 6.92. The fourth-order valence-electron chi connectivity index (χ4n) is 1.80. The summed E-state index contributed by atoms with van der Waals surface area (Å²) in [6.45, 7) is 2.77. The minimum Gasteiger partial charge on any atom is -0.264 e. The number of hydrogen-bond donors (Lipinski definition) is 0. The molecule has 0 bridgehead atoms. The predicted octanol–water partition coefficient (Wildman–Crippen LogP) is 3.52. The monoisotopic (exact) mass is 323 g/mol. The van der Waals surface area contributed by atoms with Gasteiger partial charge in [0.1, 0.15) is 0 Å². The van der Waals surface area contributed by atoms with Gasteiger partial charge in [0.05, 0.1) is 11.4 Å². The molecule has 0 radical (unpaired) electrons. The van der Waals surface area contributed by atoms with E-state index in [4.69, 9.17) is 4.84 Å². The summed E-state index contributed by atoms with van der Waals surface area (Å²) in [5, 5.41) is 1.25. The average molecular weight is 323 g/mol. The zero-order chi connectivity index (χ0) is 16.0. The second-order valence-corrected chi connectivity index (χ2v) is 6.62. The summed E-state index contributed by atoms with van der Waals surface area (Å²) < 4.78 is 48.5. The molecule has 3 nitrogen and oxygen atoms in total. The Morgan fingerprint density at radius 2 is 1.90 bits per heavy atom. The molecular formula is C14H20F3NO2S. The highest BCUT2D eigenvalue weighted by atomic mass is 32.2. The maximum Gasteiger partial charge on any atom is 0.414 e. The van der Waals surface area contributed by atoms with Crippen molar-refractivity contribution in [1.82, 2.24) is 0 Å². The fourth-order valence-corrected chi connectivity index (χ4v) is 2.48. The maximum atomic E-state index is 12.4. The highest BCUT2D eigenvalue weighted by molar-refractivity contribution is 7.83. The molecule has 0 spiro atoms. The van der Waals surface area contributed by atoms with Crippen LogP contribution in [0, 0.1) is 5.92 Å². The molecule has 0 N–H and O–H groups in total. The largest absolute Gasteiger partial charge is 0.414 e. The molecule has 0 aromatic heterocycles. The quantitative estimate of drug-likeness (QED) is 0.719. The molecule has 0 fully saturated rings. The first kappa shape index (κ1) is 18.0. The number of hydroxylamine groups is 1. The summed E-state index contributed by atoms with van der Waals surface area (Å²) in [6.07, 6.45) is -2.84. The Hall–Kier alpha value is -1.08. The van der Waals surface area contributed by atoms with Crippen LogP contribution in [0.1, 0.15) is 19.4 Å². The minimum atomic E-state index is -4.39. The average Bonchev–Trinajstić information content (AvgIpc) is 2.33. The van der Waals surface area contributed by atoms with Crippen LogP contribution in [0.5, 0.6) is 0 Å². The zero-order valence-corrected chi connectivity index (χ0v) is 13.1. The van der Waals surface area contributed by atoms with E-state index in [0.29, 0.717) is 17.8 Å². The van der Waals surface area contributed by atoms with E-state index >= 15 is 0 Å². The number of para-hydroxylation sites is 1. The van der Waals surface area contributed by atoms with Gasteiger partial charge in [0.2, 0.25) is 0 Å². The third-order valence-corrected chi connectivity index (χ3v) is 3.25. The van der Waals surface area contributed by atoms with Crippen molar-refractivity contribution in [2.45, 2.75) is 25.8 Å². The highest BCUT2D eigenvalue weighted by Gasteiger charge is 2.30. The van der Waals surface area contributed by atoms with E-state index in [2.05, 4.69) is 0 Å². The smallest absolute Gasteiger partial charge is 0.264 e. The first-order valence-corrected chi connectivity index (χ1v) is 8.27. The van der Waals surface area contributed by atoms with Crippen LogP contribution < -0.4 is 5.06 Å². The van der Waals surface area contributed by atoms with Crippen molar-refractivity contribution in [2.75, 3.05) is 24.5 Å². The highest BCUT2D eigenvalue weighted by Crippen LogP contribution is 2.25. The Morgan fingerprint density at radius 3 is 2.43 bits per heavy atom. The zero-order valence-electron chi connectivity index (χ0n) is 12.3. The number of alkyl halides is 3. The van der Waals surface area contributed by atoms with Gasteiger partial charge in [-0.25, -0.2) is 0 Å². The number of rotatable bonds is 7. The van der Waals surface area contributed by atoms with Crippen LogP contribution in [0.4, 0.5) is 18.9 Å². The van der Waals surface area contributed by atoms with Crippen LogP contribution >= 0.6 is 0 Å². The summed E-state index contributed by atoms with van der Waals surface area (Å²) in [7, 11) is -1.08. The SMILES string of the molecule is CC(C)CN(OCC(F)(F)F)c1ccccc1CS(C)=O.